The van der Waals surface area contributed by atoms with E-state index in [0.29, 0.717) is 6.04 Å². The Bertz CT molecular complexity index is 373. The Morgan fingerprint density at radius 3 is 2.77 bits per heavy atom. The summed E-state index contributed by atoms with van der Waals surface area (Å²) in [6.45, 7) is 4.26. The summed E-state index contributed by atoms with van der Waals surface area (Å²) in [6.07, 6.45) is 2.03. The first-order chi connectivity index (χ1) is 6.27. The zero-order valence-electron chi connectivity index (χ0n) is 7.77. The lowest BCUT2D eigenvalue weighted by Gasteiger charge is -2.03. The summed E-state index contributed by atoms with van der Waals surface area (Å²) in [5.74, 6) is 0. The zero-order chi connectivity index (χ0) is 9.26. The molecule has 68 valence electrons. The standard InChI is InChI=1S/C10H12N2S/c1-8(2)12-5-3-10(11-12)9-4-6-13-7-9/h3-8H,1-2H3. The van der Waals surface area contributed by atoms with Crippen molar-refractivity contribution in [1.82, 2.24) is 9.78 Å². The molecule has 0 bridgehead atoms. The molecule has 2 heterocycles. The fourth-order valence-electron chi connectivity index (χ4n) is 1.19. The van der Waals surface area contributed by atoms with Crippen molar-refractivity contribution in [1.29, 1.82) is 0 Å². The van der Waals surface area contributed by atoms with Crippen LogP contribution >= 0.6 is 11.3 Å². The van der Waals surface area contributed by atoms with Gasteiger partial charge in [0.05, 0.1) is 5.69 Å². The van der Waals surface area contributed by atoms with Gasteiger partial charge in [-0.3, -0.25) is 4.68 Å². The molecule has 2 rings (SSSR count). The van der Waals surface area contributed by atoms with Crippen LogP contribution in [0.3, 0.4) is 0 Å². The van der Waals surface area contributed by atoms with Crippen molar-refractivity contribution in [3.05, 3.63) is 29.1 Å². The van der Waals surface area contributed by atoms with Gasteiger partial charge in [0.25, 0.3) is 0 Å². The molecule has 0 aliphatic carbocycles. The van der Waals surface area contributed by atoms with Gasteiger partial charge in [0.1, 0.15) is 0 Å². The molecule has 0 aliphatic heterocycles. The summed E-state index contributed by atoms with van der Waals surface area (Å²) in [6, 6.07) is 4.59. The molecule has 0 fully saturated rings. The summed E-state index contributed by atoms with van der Waals surface area (Å²) in [7, 11) is 0. The van der Waals surface area contributed by atoms with Crippen molar-refractivity contribution >= 4 is 11.3 Å². The molecule has 2 aromatic heterocycles. The van der Waals surface area contributed by atoms with Crippen LogP contribution in [-0.2, 0) is 0 Å². The topological polar surface area (TPSA) is 17.8 Å². The summed E-state index contributed by atoms with van der Waals surface area (Å²) in [5.41, 5.74) is 2.28. The van der Waals surface area contributed by atoms with Crippen LogP contribution in [-0.4, -0.2) is 9.78 Å². The fraction of sp³-hybridized carbons (Fsp3) is 0.300. The Balaban J connectivity index is 2.33. The van der Waals surface area contributed by atoms with Crippen molar-refractivity contribution in [3.8, 4) is 11.3 Å². The number of aromatic nitrogens is 2. The van der Waals surface area contributed by atoms with Crippen molar-refractivity contribution in [3.63, 3.8) is 0 Å². The molecule has 3 heteroatoms. The van der Waals surface area contributed by atoms with Crippen LogP contribution in [0.2, 0.25) is 0 Å². The summed E-state index contributed by atoms with van der Waals surface area (Å²) in [4.78, 5) is 0. The average Bonchev–Trinajstić information content (AvgIpc) is 2.75. The predicted molar refractivity (Wildman–Crippen MR) is 55.9 cm³/mol. The van der Waals surface area contributed by atoms with Crippen LogP contribution in [0.5, 0.6) is 0 Å². The normalized spacial score (nSPS) is 11.0. The van der Waals surface area contributed by atoms with E-state index in [4.69, 9.17) is 0 Å². The molecule has 0 aliphatic rings. The molecule has 0 unspecified atom stereocenters. The van der Waals surface area contributed by atoms with Crippen LogP contribution < -0.4 is 0 Å². The molecular weight excluding hydrogens is 180 g/mol. The molecule has 0 saturated carbocycles. The first kappa shape index (κ1) is 8.51. The maximum absolute atomic E-state index is 4.48. The Morgan fingerprint density at radius 1 is 1.38 bits per heavy atom. The summed E-state index contributed by atoms with van der Waals surface area (Å²) < 4.78 is 1.98. The monoisotopic (exact) mass is 192 g/mol. The minimum absolute atomic E-state index is 0.437. The Kier molecular flexibility index (Phi) is 2.19. The molecule has 0 aromatic carbocycles. The lowest BCUT2D eigenvalue weighted by atomic mass is 10.2. The number of hydrogen-bond acceptors (Lipinski definition) is 2. The molecule has 0 radical (unpaired) electrons. The quantitative estimate of drug-likeness (QED) is 0.714. The van der Waals surface area contributed by atoms with E-state index < -0.39 is 0 Å². The van der Waals surface area contributed by atoms with E-state index in [1.807, 2.05) is 10.9 Å². The lowest BCUT2D eigenvalue weighted by Crippen LogP contribution is -2.00. The van der Waals surface area contributed by atoms with Crippen LogP contribution in [0.1, 0.15) is 19.9 Å². The first-order valence-corrected chi connectivity index (χ1v) is 5.29. The van der Waals surface area contributed by atoms with E-state index in [9.17, 15) is 0 Å². The van der Waals surface area contributed by atoms with Crippen molar-refractivity contribution < 1.29 is 0 Å². The smallest absolute Gasteiger partial charge is 0.0931 e. The van der Waals surface area contributed by atoms with Gasteiger partial charge in [-0.2, -0.15) is 16.4 Å². The van der Waals surface area contributed by atoms with Gasteiger partial charge in [-0.15, -0.1) is 0 Å². The summed E-state index contributed by atoms with van der Waals surface area (Å²) >= 11 is 1.70. The minimum Gasteiger partial charge on any atom is -0.270 e. The van der Waals surface area contributed by atoms with E-state index in [1.54, 1.807) is 11.3 Å². The molecular formula is C10H12N2S. The number of nitrogens with zero attached hydrogens (tertiary/aromatic N) is 2. The van der Waals surface area contributed by atoms with Gasteiger partial charge in [-0.05, 0) is 31.4 Å². The van der Waals surface area contributed by atoms with Crippen molar-refractivity contribution in [2.75, 3.05) is 0 Å². The van der Waals surface area contributed by atoms with E-state index in [2.05, 4.69) is 41.8 Å². The molecule has 0 spiro atoms. The maximum atomic E-state index is 4.48. The molecule has 0 amide bonds. The van der Waals surface area contributed by atoms with Crippen LogP contribution in [0.25, 0.3) is 11.3 Å². The van der Waals surface area contributed by atoms with Crippen molar-refractivity contribution in [2.24, 2.45) is 0 Å². The highest BCUT2D eigenvalue weighted by Crippen LogP contribution is 2.20. The molecule has 13 heavy (non-hydrogen) atoms. The molecule has 0 N–H and O–H groups in total. The summed E-state index contributed by atoms with van der Waals surface area (Å²) in [5, 5.41) is 8.67. The molecule has 0 atom stereocenters. The van der Waals surface area contributed by atoms with Crippen LogP contribution in [0, 0.1) is 0 Å². The fourth-order valence-corrected chi connectivity index (χ4v) is 1.84. The minimum atomic E-state index is 0.437. The van der Waals surface area contributed by atoms with Gasteiger partial charge in [-0.1, -0.05) is 0 Å². The SMILES string of the molecule is CC(C)n1ccc(-c2ccsc2)n1. The second kappa shape index (κ2) is 3.34. The van der Waals surface area contributed by atoms with E-state index in [-0.39, 0.29) is 0 Å². The van der Waals surface area contributed by atoms with E-state index >= 15 is 0 Å². The van der Waals surface area contributed by atoms with Gasteiger partial charge in [-0.25, -0.2) is 0 Å². The zero-order valence-corrected chi connectivity index (χ0v) is 8.58. The van der Waals surface area contributed by atoms with E-state index in [0.717, 1.165) is 5.69 Å². The largest absolute Gasteiger partial charge is 0.270 e. The highest BCUT2D eigenvalue weighted by Gasteiger charge is 2.03. The number of hydrogen-bond donors (Lipinski definition) is 0. The maximum Gasteiger partial charge on any atom is 0.0931 e. The van der Waals surface area contributed by atoms with E-state index in [1.165, 1.54) is 5.56 Å². The van der Waals surface area contributed by atoms with Gasteiger partial charge in [0.2, 0.25) is 0 Å². The Hall–Kier alpha value is -1.09. The molecule has 0 saturated heterocycles. The third kappa shape index (κ3) is 1.65. The predicted octanol–water partition coefficient (Wildman–Crippen LogP) is 3.19. The van der Waals surface area contributed by atoms with Crippen LogP contribution in [0.4, 0.5) is 0 Å². The number of thiophene rings is 1. The second-order valence-electron chi connectivity index (χ2n) is 3.29. The van der Waals surface area contributed by atoms with Crippen molar-refractivity contribution in [2.45, 2.75) is 19.9 Å². The molecule has 2 aromatic rings. The third-order valence-corrected chi connectivity index (χ3v) is 2.64. The lowest BCUT2D eigenvalue weighted by molar-refractivity contribution is 0.534. The number of rotatable bonds is 2. The van der Waals surface area contributed by atoms with Crippen LogP contribution in [0.15, 0.2) is 29.1 Å². The average molecular weight is 192 g/mol. The molecule has 2 nitrogen and oxygen atoms in total. The second-order valence-corrected chi connectivity index (χ2v) is 4.07. The highest BCUT2D eigenvalue weighted by atomic mass is 32.1. The highest BCUT2D eigenvalue weighted by molar-refractivity contribution is 7.08. The van der Waals surface area contributed by atoms with Gasteiger partial charge < -0.3 is 0 Å². The first-order valence-electron chi connectivity index (χ1n) is 4.35. The van der Waals surface area contributed by atoms with Gasteiger partial charge in [0.15, 0.2) is 0 Å². The Morgan fingerprint density at radius 2 is 2.23 bits per heavy atom. The van der Waals surface area contributed by atoms with Gasteiger partial charge in [0, 0.05) is 23.2 Å². The Labute approximate surface area is 81.8 Å². The van der Waals surface area contributed by atoms with Gasteiger partial charge >= 0.3 is 0 Å². The third-order valence-electron chi connectivity index (χ3n) is 1.95.